The van der Waals surface area contributed by atoms with E-state index in [0.29, 0.717) is 6.54 Å². The van der Waals surface area contributed by atoms with Crippen LogP contribution in [0.25, 0.3) is 0 Å². The third kappa shape index (κ3) is 3.13. The molecule has 1 atom stereocenters. The fourth-order valence-electron chi connectivity index (χ4n) is 1.97. The lowest BCUT2D eigenvalue weighted by Gasteiger charge is -2.16. The van der Waals surface area contributed by atoms with Crippen LogP contribution in [0.3, 0.4) is 0 Å². The Morgan fingerprint density at radius 1 is 1.33 bits per heavy atom. The highest BCUT2D eigenvalue weighted by atomic mass is 79.9. The van der Waals surface area contributed by atoms with Crippen LogP contribution >= 0.6 is 27.3 Å². The van der Waals surface area contributed by atoms with Crippen molar-refractivity contribution in [2.45, 2.75) is 20.0 Å². The van der Waals surface area contributed by atoms with Crippen molar-refractivity contribution in [1.82, 2.24) is 0 Å². The Kier molecular flexibility index (Phi) is 4.43. The Morgan fingerprint density at radius 2 is 2.00 bits per heavy atom. The summed E-state index contributed by atoms with van der Waals surface area (Å²) in [6.07, 6.45) is -0.451. The second kappa shape index (κ2) is 5.87. The number of benzene rings is 1. The zero-order valence-corrected chi connectivity index (χ0v) is 12.8. The summed E-state index contributed by atoms with van der Waals surface area (Å²) < 4.78 is 1.09. The Morgan fingerprint density at radius 3 is 2.56 bits per heavy atom. The van der Waals surface area contributed by atoms with Gasteiger partial charge in [-0.05, 0) is 48.6 Å². The van der Waals surface area contributed by atoms with Crippen LogP contribution in [-0.4, -0.2) is 11.7 Å². The van der Waals surface area contributed by atoms with Gasteiger partial charge in [0.2, 0.25) is 0 Å². The van der Waals surface area contributed by atoms with Crippen LogP contribution in [0, 0.1) is 13.8 Å². The van der Waals surface area contributed by atoms with Gasteiger partial charge in [-0.15, -0.1) is 11.3 Å². The zero-order chi connectivity index (χ0) is 13.1. The molecule has 0 aliphatic rings. The molecule has 0 spiro atoms. The number of nitrogens with one attached hydrogen (secondary N) is 1. The number of anilines is 1. The highest BCUT2D eigenvalue weighted by Gasteiger charge is 2.10. The van der Waals surface area contributed by atoms with Crippen molar-refractivity contribution in [3.05, 3.63) is 50.1 Å². The quantitative estimate of drug-likeness (QED) is 0.879. The molecule has 0 saturated carbocycles. The van der Waals surface area contributed by atoms with Crippen molar-refractivity contribution in [3.8, 4) is 0 Å². The van der Waals surface area contributed by atoms with Crippen molar-refractivity contribution < 1.29 is 5.11 Å². The third-order valence-electron chi connectivity index (χ3n) is 2.84. The standard InChI is InChI=1S/C14H16BrNOS/c1-9-6-11(15)7-10(2)14(9)16-8-12(17)13-4-3-5-18-13/h3-7,12,16-17H,8H2,1-2H3. The van der Waals surface area contributed by atoms with Crippen LogP contribution in [0.1, 0.15) is 22.1 Å². The van der Waals surface area contributed by atoms with E-state index in [9.17, 15) is 5.11 Å². The van der Waals surface area contributed by atoms with E-state index < -0.39 is 6.10 Å². The molecule has 2 aromatic rings. The van der Waals surface area contributed by atoms with E-state index in [0.717, 1.165) is 15.0 Å². The normalized spacial score (nSPS) is 12.4. The maximum atomic E-state index is 10.0. The van der Waals surface area contributed by atoms with Crippen molar-refractivity contribution in [1.29, 1.82) is 0 Å². The van der Waals surface area contributed by atoms with Gasteiger partial charge in [-0.3, -0.25) is 0 Å². The molecule has 1 aromatic carbocycles. The van der Waals surface area contributed by atoms with E-state index >= 15 is 0 Å². The number of aliphatic hydroxyl groups excluding tert-OH is 1. The first kappa shape index (κ1) is 13.6. The van der Waals surface area contributed by atoms with Gasteiger partial charge in [0.05, 0.1) is 0 Å². The van der Waals surface area contributed by atoms with Crippen LogP contribution in [0.4, 0.5) is 5.69 Å². The summed E-state index contributed by atoms with van der Waals surface area (Å²) in [5, 5.41) is 15.4. The predicted octanol–water partition coefficient (Wildman–Crippen LogP) is 4.27. The summed E-state index contributed by atoms with van der Waals surface area (Å²) in [5.41, 5.74) is 3.47. The van der Waals surface area contributed by atoms with Crippen LogP contribution in [-0.2, 0) is 0 Å². The average molecular weight is 326 g/mol. The molecule has 0 fully saturated rings. The first-order valence-electron chi connectivity index (χ1n) is 5.80. The lowest BCUT2D eigenvalue weighted by molar-refractivity contribution is 0.195. The monoisotopic (exact) mass is 325 g/mol. The van der Waals surface area contributed by atoms with Crippen LogP contribution in [0.5, 0.6) is 0 Å². The Hall–Kier alpha value is -0.840. The van der Waals surface area contributed by atoms with E-state index in [2.05, 4.69) is 47.2 Å². The second-order valence-electron chi connectivity index (χ2n) is 4.33. The minimum absolute atomic E-state index is 0.451. The molecule has 1 unspecified atom stereocenters. The highest BCUT2D eigenvalue weighted by Crippen LogP contribution is 2.26. The summed E-state index contributed by atoms with van der Waals surface area (Å²) >= 11 is 5.06. The number of aliphatic hydroxyl groups is 1. The Balaban J connectivity index is 2.07. The number of aryl methyl sites for hydroxylation is 2. The SMILES string of the molecule is Cc1cc(Br)cc(C)c1NCC(O)c1cccs1. The van der Waals surface area contributed by atoms with Crippen molar-refractivity contribution in [2.75, 3.05) is 11.9 Å². The number of thiophene rings is 1. The van der Waals surface area contributed by atoms with Gasteiger partial charge in [0, 0.05) is 21.6 Å². The molecule has 96 valence electrons. The van der Waals surface area contributed by atoms with Gasteiger partial charge < -0.3 is 10.4 Å². The fourth-order valence-corrected chi connectivity index (χ4v) is 3.37. The lowest BCUT2D eigenvalue weighted by Crippen LogP contribution is -2.12. The van der Waals surface area contributed by atoms with Gasteiger partial charge in [-0.1, -0.05) is 22.0 Å². The molecular weight excluding hydrogens is 310 g/mol. The number of hydrogen-bond acceptors (Lipinski definition) is 3. The fraction of sp³-hybridized carbons (Fsp3) is 0.286. The van der Waals surface area contributed by atoms with E-state index in [1.807, 2.05) is 17.5 Å². The largest absolute Gasteiger partial charge is 0.386 e. The molecule has 2 nitrogen and oxygen atoms in total. The first-order chi connectivity index (χ1) is 8.58. The molecule has 0 aliphatic heterocycles. The summed E-state index contributed by atoms with van der Waals surface area (Å²) in [4.78, 5) is 0.995. The summed E-state index contributed by atoms with van der Waals surface area (Å²) in [6, 6.07) is 8.07. The maximum Gasteiger partial charge on any atom is 0.105 e. The minimum atomic E-state index is -0.451. The summed E-state index contributed by atoms with van der Waals surface area (Å²) in [6.45, 7) is 4.67. The summed E-state index contributed by atoms with van der Waals surface area (Å²) in [5.74, 6) is 0. The zero-order valence-electron chi connectivity index (χ0n) is 10.4. The molecule has 0 amide bonds. The lowest BCUT2D eigenvalue weighted by atomic mass is 10.1. The second-order valence-corrected chi connectivity index (χ2v) is 6.22. The van der Waals surface area contributed by atoms with Crippen molar-refractivity contribution in [3.63, 3.8) is 0 Å². The van der Waals surface area contributed by atoms with Gasteiger partial charge in [-0.2, -0.15) is 0 Å². The number of hydrogen-bond donors (Lipinski definition) is 2. The molecule has 4 heteroatoms. The molecule has 0 saturated heterocycles. The topological polar surface area (TPSA) is 32.3 Å². The highest BCUT2D eigenvalue weighted by molar-refractivity contribution is 9.10. The molecule has 0 radical (unpaired) electrons. The molecule has 2 N–H and O–H groups in total. The minimum Gasteiger partial charge on any atom is -0.386 e. The van der Waals surface area contributed by atoms with Gasteiger partial charge in [0.25, 0.3) is 0 Å². The molecule has 18 heavy (non-hydrogen) atoms. The van der Waals surface area contributed by atoms with Crippen molar-refractivity contribution >= 4 is 33.0 Å². The Labute approximate surface area is 120 Å². The average Bonchev–Trinajstić information content (AvgIpc) is 2.80. The van der Waals surface area contributed by atoms with E-state index in [1.165, 1.54) is 11.1 Å². The number of rotatable bonds is 4. The molecule has 1 heterocycles. The maximum absolute atomic E-state index is 10.0. The van der Waals surface area contributed by atoms with Crippen molar-refractivity contribution in [2.24, 2.45) is 0 Å². The predicted molar refractivity (Wildman–Crippen MR) is 81.4 cm³/mol. The van der Waals surface area contributed by atoms with E-state index in [-0.39, 0.29) is 0 Å². The smallest absolute Gasteiger partial charge is 0.105 e. The molecule has 0 aliphatic carbocycles. The molecule has 0 bridgehead atoms. The van der Waals surface area contributed by atoms with Crippen LogP contribution < -0.4 is 5.32 Å². The van der Waals surface area contributed by atoms with Gasteiger partial charge in [0.15, 0.2) is 0 Å². The summed E-state index contributed by atoms with van der Waals surface area (Å²) in [7, 11) is 0. The van der Waals surface area contributed by atoms with Crippen LogP contribution in [0.2, 0.25) is 0 Å². The molecular formula is C14H16BrNOS. The van der Waals surface area contributed by atoms with Gasteiger partial charge >= 0.3 is 0 Å². The molecule has 1 aromatic heterocycles. The van der Waals surface area contributed by atoms with Crippen LogP contribution in [0.15, 0.2) is 34.1 Å². The first-order valence-corrected chi connectivity index (χ1v) is 7.47. The van der Waals surface area contributed by atoms with Gasteiger partial charge in [0.1, 0.15) is 6.10 Å². The van der Waals surface area contributed by atoms with Gasteiger partial charge in [-0.25, -0.2) is 0 Å². The molecule has 2 rings (SSSR count). The Bertz CT molecular complexity index is 502. The van der Waals surface area contributed by atoms with E-state index in [1.54, 1.807) is 11.3 Å². The third-order valence-corrected chi connectivity index (χ3v) is 4.27. The number of halogens is 1. The van der Waals surface area contributed by atoms with E-state index in [4.69, 9.17) is 0 Å².